The summed E-state index contributed by atoms with van der Waals surface area (Å²) >= 11 is 0. The maximum atomic E-state index is 11.7. The van der Waals surface area contributed by atoms with Gasteiger partial charge in [-0.05, 0) is 25.0 Å². The molecule has 0 radical (unpaired) electrons. The first-order valence-electron chi connectivity index (χ1n) is 7.19. The molecule has 0 aliphatic carbocycles. The minimum absolute atomic E-state index is 0.134. The Kier molecular flexibility index (Phi) is 7.47. The lowest BCUT2D eigenvalue weighted by atomic mass is 10.1. The number of unbranched alkanes of at least 4 members (excludes halogenated alkanes) is 2. The van der Waals surface area contributed by atoms with E-state index in [1.807, 2.05) is 19.1 Å². The summed E-state index contributed by atoms with van der Waals surface area (Å²) in [4.78, 5) is 15.8. The van der Waals surface area contributed by atoms with Gasteiger partial charge in [-0.15, -0.1) is 0 Å². The van der Waals surface area contributed by atoms with E-state index in [1.165, 1.54) is 12.8 Å². The van der Waals surface area contributed by atoms with Crippen molar-refractivity contribution in [2.45, 2.75) is 52.1 Å². The van der Waals surface area contributed by atoms with Crippen LogP contribution in [0.15, 0.2) is 18.3 Å². The van der Waals surface area contributed by atoms with Gasteiger partial charge in [0.15, 0.2) is 0 Å². The maximum absolute atomic E-state index is 11.7. The first-order chi connectivity index (χ1) is 9.65. The minimum atomic E-state index is -0.134. The highest BCUT2D eigenvalue weighted by atomic mass is 16.5. The predicted molar refractivity (Wildman–Crippen MR) is 79.8 cm³/mol. The Morgan fingerprint density at radius 1 is 1.45 bits per heavy atom. The summed E-state index contributed by atoms with van der Waals surface area (Å²) in [5, 5.41) is 5.78. The fourth-order valence-electron chi connectivity index (χ4n) is 1.90. The summed E-state index contributed by atoms with van der Waals surface area (Å²) in [6, 6.07) is 3.73. The van der Waals surface area contributed by atoms with Crippen molar-refractivity contribution in [2.24, 2.45) is 0 Å². The molecule has 0 saturated heterocycles. The minimum Gasteiger partial charge on any atom is -0.481 e. The summed E-state index contributed by atoms with van der Waals surface area (Å²) < 4.78 is 5.04. The zero-order chi connectivity index (χ0) is 14.8. The summed E-state index contributed by atoms with van der Waals surface area (Å²) in [6.07, 6.45) is 6.25. The molecule has 0 saturated carbocycles. The molecular formula is C15H25N3O2. The number of nitrogens with one attached hydrogen (secondary N) is 2. The van der Waals surface area contributed by atoms with Gasteiger partial charge in [0, 0.05) is 24.8 Å². The van der Waals surface area contributed by atoms with Crippen LogP contribution in [0.1, 0.15) is 45.1 Å². The smallest absolute Gasteiger partial charge is 0.315 e. The fourth-order valence-corrected chi connectivity index (χ4v) is 1.90. The predicted octanol–water partition coefficient (Wildman–Crippen LogP) is 2.86. The van der Waals surface area contributed by atoms with E-state index in [4.69, 9.17) is 4.74 Å². The number of hydrogen-bond donors (Lipinski definition) is 2. The van der Waals surface area contributed by atoms with Gasteiger partial charge in [-0.25, -0.2) is 9.78 Å². The molecule has 1 aromatic heterocycles. The van der Waals surface area contributed by atoms with Crippen LogP contribution < -0.4 is 15.4 Å². The van der Waals surface area contributed by atoms with Crippen LogP contribution in [0.2, 0.25) is 0 Å². The SMILES string of the molecule is CCCCC[C@H](C)NC(=O)NCc1ccnc(OC)c1. The van der Waals surface area contributed by atoms with E-state index in [-0.39, 0.29) is 12.1 Å². The van der Waals surface area contributed by atoms with E-state index in [9.17, 15) is 4.79 Å². The van der Waals surface area contributed by atoms with Gasteiger partial charge in [-0.3, -0.25) is 0 Å². The van der Waals surface area contributed by atoms with E-state index in [1.54, 1.807) is 13.3 Å². The summed E-state index contributed by atoms with van der Waals surface area (Å²) in [5.41, 5.74) is 0.964. The highest BCUT2D eigenvalue weighted by Gasteiger charge is 2.06. The highest BCUT2D eigenvalue weighted by Crippen LogP contribution is 2.08. The second kappa shape index (κ2) is 9.18. The molecule has 0 aliphatic heterocycles. The molecule has 0 fully saturated rings. The van der Waals surface area contributed by atoms with Crippen molar-refractivity contribution in [3.05, 3.63) is 23.9 Å². The molecule has 112 valence electrons. The van der Waals surface area contributed by atoms with E-state index in [0.29, 0.717) is 12.4 Å². The largest absolute Gasteiger partial charge is 0.481 e. The number of carbonyl (C=O) groups excluding carboxylic acids is 1. The zero-order valence-electron chi connectivity index (χ0n) is 12.6. The van der Waals surface area contributed by atoms with Gasteiger partial charge in [0.2, 0.25) is 5.88 Å². The van der Waals surface area contributed by atoms with Crippen LogP contribution in [0.25, 0.3) is 0 Å². The summed E-state index contributed by atoms with van der Waals surface area (Å²) in [6.45, 7) is 4.67. The number of carbonyl (C=O) groups is 1. The number of pyridine rings is 1. The van der Waals surface area contributed by atoms with Crippen molar-refractivity contribution < 1.29 is 9.53 Å². The molecule has 0 aromatic carbocycles. The van der Waals surface area contributed by atoms with Gasteiger partial charge in [0.25, 0.3) is 0 Å². The van der Waals surface area contributed by atoms with Crippen molar-refractivity contribution in [2.75, 3.05) is 7.11 Å². The number of ether oxygens (including phenoxy) is 1. The molecule has 20 heavy (non-hydrogen) atoms. The molecule has 0 unspecified atom stereocenters. The Bertz CT molecular complexity index is 410. The normalized spacial score (nSPS) is 11.8. The summed E-state index contributed by atoms with van der Waals surface area (Å²) in [7, 11) is 1.57. The van der Waals surface area contributed by atoms with E-state index < -0.39 is 0 Å². The molecule has 0 spiro atoms. The topological polar surface area (TPSA) is 63.2 Å². The van der Waals surface area contributed by atoms with Crippen LogP contribution in [0.4, 0.5) is 4.79 Å². The monoisotopic (exact) mass is 279 g/mol. The molecule has 5 nitrogen and oxygen atoms in total. The van der Waals surface area contributed by atoms with E-state index >= 15 is 0 Å². The standard InChI is InChI=1S/C15H25N3O2/c1-4-5-6-7-12(2)18-15(19)17-11-13-8-9-16-14(10-13)20-3/h8-10,12H,4-7,11H2,1-3H3,(H2,17,18,19)/t12-/m0/s1. The van der Waals surface area contributed by atoms with E-state index in [0.717, 1.165) is 18.4 Å². The number of rotatable bonds is 8. The Morgan fingerprint density at radius 2 is 2.25 bits per heavy atom. The van der Waals surface area contributed by atoms with Crippen LogP contribution in [-0.2, 0) is 6.54 Å². The van der Waals surface area contributed by atoms with Crippen molar-refractivity contribution in [1.29, 1.82) is 0 Å². The number of nitrogens with zero attached hydrogens (tertiary/aromatic N) is 1. The first kappa shape index (κ1) is 16.3. The molecule has 2 amide bonds. The average molecular weight is 279 g/mol. The van der Waals surface area contributed by atoms with Crippen molar-refractivity contribution in [1.82, 2.24) is 15.6 Å². The van der Waals surface area contributed by atoms with Crippen LogP contribution in [0.3, 0.4) is 0 Å². The second-order valence-corrected chi connectivity index (χ2v) is 4.93. The highest BCUT2D eigenvalue weighted by molar-refractivity contribution is 5.74. The molecule has 0 aliphatic rings. The quantitative estimate of drug-likeness (QED) is 0.719. The van der Waals surface area contributed by atoms with Gasteiger partial charge in [0.1, 0.15) is 0 Å². The lowest BCUT2D eigenvalue weighted by Gasteiger charge is -2.14. The Morgan fingerprint density at radius 3 is 2.95 bits per heavy atom. The van der Waals surface area contributed by atoms with E-state index in [2.05, 4.69) is 22.5 Å². The van der Waals surface area contributed by atoms with Crippen molar-refractivity contribution in [3.63, 3.8) is 0 Å². The van der Waals surface area contributed by atoms with Crippen LogP contribution >= 0.6 is 0 Å². The van der Waals surface area contributed by atoms with Gasteiger partial charge in [-0.2, -0.15) is 0 Å². The average Bonchev–Trinajstić information content (AvgIpc) is 2.45. The molecule has 2 N–H and O–H groups in total. The third-order valence-electron chi connectivity index (χ3n) is 3.08. The summed E-state index contributed by atoms with van der Waals surface area (Å²) in [5.74, 6) is 0.553. The second-order valence-electron chi connectivity index (χ2n) is 4.93. The van der Waals surface area contributed by atoms with Gasteiger partial charge < -0.3 is 15.4 Å². The third-order valence-corrected chi connectivity index (χ3v) is 3.08. The number of hydrogen-bond acceptors (Lipinski definition) is 3. The Hall–Kier alpha value is -1.78. The number of methoxy groups -OCH3 is 1. The Balaban J connectivity index is 2.28. The van der Waals surface area contributed by atoms with Gasteiger partial charge in [0.05, 0.1) is 7.11 Å². The van der Waals surface area contributed by atoms with Gasteiger partial charge >= 0.3 is 6.03 Å². The molecule has 1 rings (SSSR count). The lowest BCUT2D eigenvalue weighted by Crippen LogP contribution is -2.40. The fraction of sp³-hybridized carbons (Fsp3) is 0.600. The van der Waals surface area contributed by atoms with Gasteiger partial charge in [-0.1, -0.05) is 26.2 Å². The Labute approximate surface area is 121 Å². The first-order valence-corrected chi connectivity index (χ1v) is 7.19. The number of amides is 2. The molecule has 1 aromatic rings. The van der Waals surface area contributed by atoms with Crippen LogP contribution in [-0.4, -0.2) is 24.2 Å². The van der Waals surface area contributed by atoms with Crippen molar-refractivity contribution in [3.8, 4) is 5.88 Å². The molecule has 1 heterocycles. The number of urea groups is 1. The molecule has 1 atom stereocenters. The molecular weight excluding hydrogens is 254 g/mol. The molecule has 5 heteroatoms. The molecule has 0 bridgehead atoms. The third kappa shape index (κ3) is 6.41. The zero-order valence-corrected chi connectivity index (χ0v) is 12.6. The lowest BCUT2D eigenvalue weighted by molar-refractivity contribution is 0.236. The van der Waals surface area contributed by atoms with Crippen LogP contribution in [0.5, 0.6) is 5.88 Å². The number of aromatic nitrogens is 1. The van der Waals surface area contributed by atoms with Crippen LogP contribution in [0, 0.1) is 0 Å². The van der Waals surface area contributed by atoms with Crippen molar-refractivity contribution >= 4 is 6.03 Å². The maximum Gasteiger partial charge on any atom is 0.315 e.